The van der Waals surface area contributed by atoms with Crippen LogP contribution in [-0.2, 0) is 4.79 Å². The van der Waals surface area contributed by atoms with Crippen LogP contribution in [0.1, 0.15) is 24.8 Å². The van der Waals surface area contributed by atoms with E-state index in [0.29, 0.717) is 6.54 Å². The molecule has 1 atom stereocenters. The predicted octanol–water partition coefficient (Wildman–Crippen LogP) is 2.44. The third-order valence-corrected chi connectivity index (χ3v) is 4.84. The molecule has 2 heterocycles. The van der Waals surface area contributed by atoms with E-state index in [0.717, 1.165) is 9.35 Å². The van der Waals surface area contributed by atoms with Crippen molar-refractivity contribution >= 4 is 39.3 Å². The minimum absolute atomic E-state index is 0.146. The smallest absolute Gasteiger partial charge is 0.329 e. The number of urea groups is 1. The lowest BCUT2D eigenvalue weighted by atomic mass is 10.0. The van der Waals surface area contributed by atoms with Crippen molar-refractivity contribution in [3.8, 4) is 0 Å². The number of carboxylic acids is 1. The summed E-state index contributed by atoms with van der Waals surface area (Å²) in [6, 6.07) is 1.46. The first kappa shape index (κ1) is 13.4. The molecule has 2 N–H and O–H groups in total. The van der Waals surface area contributed by atoms with Crippen LogP contribution >= 0.6 is 27.3 Å². The third-order valence-electron chi connectivity index (χ3n) is 3.04. The van der Waals surface area contributed by atoms with Crippen LogP contribution in [0.4, 0.5) is 4.79 Å². The van der Waals surface area contributed by atoms with Crippen molar-refractivity contribution in [2.45, 2.75) is 25.4 Å². The number of aliphatic carboxylic acids is 1. The second-order valence-corrected chi connectivity index (χ2v) is 6.50. The highest BCUT2D eigenvalue weighted by Crippen LogP contribution is 2.31. The molecule has 0 saturated carbocycles. The molecule has 1 aliphatic heterocycles. The predicted molar refractivity (Wildman–Crippen MR) is 71.7 cm³/mol. The average molecular weight is 333 g/mol. The van der Waals surface area contributed by atoms with Crippen LogP contribution in [0.3, 0.4) is 0 Å². The van der Waals surface area contributed by atoms with Crippen molar-refractivity contribution in [1.82, 2.24) is 10.2 Å². The van der Waals surface area contributed by atoms with Crippen molar-refractivity contribution in [3.63, 3.8) is 0 Å². The topological polar surface area (TPSA) is 69.6 Å². The van der Waals surface area contributed by atoms with Crippen molar-refractivity contribution in [2.75, 3.05) is 6.54 Å². The van der Waals surface area contributed by atoms with Crippen molar-refractivity contribution < 1.29 is 14.7 Å². The summed E-state index contributed by atoms with van der Waals surface area (Å²) in [6.07, 6.45) is 0. The van der Waals surface area contributed by atoms with Crippen LogP contribution in [0.25, 0.3) is 0 Å². The Hall–Kier alpha value is -1.08. The number of rotatable bonds is 3. The van der Waals surface area contributed by atoms with Crippen molar-refractivity contribution in [3.05, 3.63) is 20.8 Å². The Balaban J connectivity index is 2.19. The van der Waals surface area contributed by atoms with Gasteiger partial charge in [0.15, 0.2) is 0 Å². The Bertz CT molecular complexity index is 500. The molecule has 1 aromatic heterocycles. The number of halogens is 1. The molecule has 1 fully saturated rings. The summed E-state index contributed by atoms with van der Waals surface area (Å²) in [7, 11) is 0. The normalized spacial score (nSPS) is 20.1. The van der Waals surface area contributed by atoms with Crippen LogP contribution in [0, 0.1) is 0 Å². The number of hydrogen-bond acceptors (Lipinski definition) is 3. The van der Waals surface area contributed by atoms with E-state index in [9.17, 15) is 9.59 Å². The summed E-state index contributed by atoms with van der Waals surface area (Å²) < 4.78 is 0.965. The molecule has 0 spiro atoms. The summed E-state index contributed by atoms with van der Waals surface area (Å²) in [4.78, 5) is 25.4. The van der Waals surface area contributed by atoms with E-state index >= 15 is 0 Å². The summed E-state index contributed by atoms with van der Waals surface area (Å²) in [5, 5.41) is 13.9. The maximum absolute atomic E-state index is 11.9. The van der Waals surface area contributed by atoms with Gasteiger partial charge in [-0.25, -0.2) is 9.59 Å². The van der Waals surface area contributed by atoms with Gasteiger partial charge in [0.1, 0.15) is 5.54 Å². The molecule has 0 aromatic carbocycles. The SMILES string of the molecule is CC(C)(C(=O)O)N1CC(c2cc(Br)cs2)NC1=O. The fraction of sp³-hybridized carbons (Fsp3) is 0.455. The lowest BCUT2D eigenvalue weighted by Crippen LogP contribution is -2.51. The number of thiophene rings is 1. The van der Waals surface area contributed by atoms with Crippen LogP contribution in [0.2, 0.25) is 0 Å². The molecule has 7 heteroatoms. The van der Waals surface area contributed by atoms with Crippen LogP contribution in [0.15, 0.2) is 15.9 Å². The molecule has 0 aliphatic carbocycles. The van der Waals surface area contributed by atoms with Crippen LogP contribution in [0.5, 0.6) is 0 Å². The number of amides is 2. The summed E-state index contributed by atoms with van der Waals surface area (Å²) >= 11 is 4.90. The quantitative estimate of drug-likeness (QED) is 0.893. The summed E-state index contributed by atoms with van der Waals surface area (Å²) in [6.45, 7) is 3.42. The van der Waals surface area contributed by atoms with Gasteiger partial charge in [0.2, 0.25) is 0 Å². The van der Waals surface area contributed by atoms with Crippen molar-refractivity contribution in [1.29, 1.82) is 0 Å². The Labute approximate surface area is 117 Å². The van der Waals surface area contributed by atoms with E-state index in [4.69, 9.17) is 5.11 Å². The molecule has 1 saturated heterocycles. The number of hydrogen-bond donors (Lipinski definition) is 2. The summed E-state index contributed by atoms with van der Waals surface area (Å²) in [5.74, 6) is -1.01. The van der Waals surface area contributed by atoms with E-state index in [1.165, 1.54) is 30.1 Å². The molecular weight excluding hydrogens is 320 g/mol. The lowest BCUT2D eigenvalue weighted by Gasteiger charge is -2.30. The summed E-state index contributed by atoms with van der Waals surface area (Å²) in [5.41, 5.74) is -1.20. The largest absolute Gasteiger partial charge is 0.480 e. The zero-order valence-corrected chi connectivity index (χ0v) is 12.3. The highest BCUT2D eigenvalue weighted by Gasteiger charge is 2.43. The van der Waals surface area contributed by atoms with Gasteiger partial charge in [-0.05, 0) is 35.8 Å². The molecular formula is C11H13BrN2O3S. The van der Waals surface area contributed by atoms with Gasteiger partial charge >= 0.3 is 12.0 Å². The number of carbonyl (C=O) groups excluding carboxylic acids is 1. The Kier molecular flexibility index (Phi) is 3.37. The highest BCUT2D eigenvalue weighted by molar-refractivity contribution is 9.10. The average Bonchev–Trinajstić information content (AvgIpc) is 2.84. The zero-order valence-electron chi connectivity index (χ0n) is 9.94. The third kappa shape index (κ3) is 2.24. The minimum atomic E-state index is -1.20. The van der Waals surface area contributed by atoms with E-state index < -0.39 is 11.5 Å². The maximum Gasteiger partial charge on any atom is 0.329 e. The molecule has 0 bridgehead atoms. The number of carbonyl (C=O) groups is 2. The standard InChI is InChI=1S/C11H13BrN2O3S/c1-11(2,9(15)16)14-4-7(13-10(14)17)8-3-6(12)5-18-8/h3,5,7H,4H2,1-2H3,(H,13,17)(H,15,16). The van der Waals surface area contributed by atoms with Gasteiger partial charge in [0, 0.05) is 21.3 Å². The number of nitrogens with one attached hydrogen (secondary N) is 1. The van der Waals surface area contributed by atoms with E-state index in [1.54, 1.807) is 0 Å². The van der Waals surface area contributed by atoms with Crippen LogP contribution in [-0.4, -0.2) is 34.1 Å². The molecule has 2 amide bonds. The molecule has 5 nitrogen and oxygen atoms in total. The fourth-order valence-corrected chi connectivity index (χ4v) is 3.30. The Morgan fingerprint density at radius 1 is 1.67 bits per heavy atom. The van der Waals surface area contributed by atoms with E-state index in [-0.39, 0.29) is 12.1 Å². The lowest BCUT2D eigenvalue weighted by molar-refractivity contribution is -0.147. The van der Waals surface area contributed by atoms with E-state index in [1.807, 2.05) is 11.4 Å². The number of nitrogens with zero attached hydrogens (tertiary/aromatic N) is 1. The first-order chi connectivity index (χ1) is 8.32. The molecule has 0 radical (unpaired) electrons. The molecule has 98 valence electrons. The first-order valence-electron chi connectivity index (χ1n) is 5.38. The van der Waals surface area contributed by atoms with Crippen LogP contribution < -0.4 is 5.32 Å². The monoisotopic (exact) mass is 332 g/mol. The number of carboxylic acid groups (broad SMARTS) is 1. The van der Waals surface area contributed by atoms with E-state index in [2.05, 4.69) is 21.2 Å². The molecule has 18 heavy (non-hydrogen) atoms. The second kappa shape index (κ2) is 4.55. The second-order valence-electron chi connectivity index (χ2n) is 4.64. The Morgan fingerprint density at radius 3 is 2.83 bits per heavy atom. The highest BCUT2D eigenvalue weighted by atomic mass is 79.9. The molecule has 1 aliphatic rings. The van der Waals surface area contributed by atoms with Crippen molar-refractivity contribution in [2.24, 2.45) is 0 Å². The van der Waals surface area contributed by atoms with Gasteiger partial charge in [-0.15, -0.1) is 11.3 Å². The minimum Gasteiger partial charge on any atom is -0.480 e. The molecule has 1 unspecified atom stereocenters. The van der Waals surface area contributed by atoms with Gasteiger partial charge in [-0.2, -0.15) is 0 Å². The fourth-order valence-electron chi connectivity index (χ4n) is 1.81. The molecule has 2 rings (SSSR count). The van der Waals surface area contributed by atoms with Gasteiger partial charge in [-0.1, -0.05) is 0 Å². The van der Waals surface area contributed by atoms with Gasteiger partial charge in [0.25, 0.3) is 0 Å². The van der Waals surface area contributed by atoms with Gasteiger partial charge in [-0.3, -0.25) is 0 Å². The molecule has 1 aromatic rings. The Morgan fingerprint density at radius 2 is 2.33 bits per heavy atom. The first-order valence-corrected chi connectivity index (χ1v) is 7.05. The maximum atomic E-state index is 11.9. The van der Waals surface area contributed by atoms with Gasteiger partial charge < -0.3 is 15.3 Å². The van der Waals surface area contributed by atoms with Gasteiger partial charge in [0.05, 0.1) is 6.04 Å². The zero-order chi connectivity index (χ0) is 13.5.